The maximum Gasteiger partial charge on any atom is 0 e. The molecule has 10 nitrogen and oxygen atoms in total. The molecule has 0 saturated carbocycles. The maximum absolute atomic E-state index is 10.7. The Morgan fingerprint density at radius 1 is 1.06 bits per heavy atom. The molecule has 0 aliphatic heterocycles. The van der Waals surface area contributed by atoms with Crippen LogP contribution in [0.5, 0.6) is 0 Å². The van der Waals surface area contributed by atoms with E-state index in [9.17, 15) is 13.2 Å². The first-order valence-corrected chi connectivity index (χ1v) is 9.92. The quantitative estimate of drug-likeness (QED) is 0.209. The van der Waals surface area contributed by atoms with Gasteiger partial charge in [-0.3, -0.25) is 9.88 Å². The number of allylic oxidation sites excluding steroid dienone is 2. The molecule has 0 saturated heterocycles. The second kappa shape index (κ2) is 16.9. The minimum atomic E-state index is -6.09. The molecule has 0 amide bonds. The van der Waals surface area contributed by atoms with Gasteiger partial charge in [0.1, 0.15) is 11.4 Å². The largest absolute Gasteiger partial charge is 0 e. The van der Waals surface area contributed by atoms with E-state index in [1.807, 2.05) is 42.3 Å². The zero-order chi connectivity index (χ0) is 27.2. The standard InChI is InChI=1S/C16H18N4.CHF3O3S.3CO.Re/c1-19(2)16(14-8-4-5-10-17-14)9-6-7-13(16)15-18-11-12-20(15)3;2-1(3,4)8(5,6)7;3*1-2;/h4-12H,1-3H3;(H,5,6,7);;;;/p-1. The molecule has 1 aliphatic rings. The molecule has 0 fully saturated rings. The second-order valence-electron chi connectivity index (χ2n) is 6.08. The van der Waals surface area contributed by atoms with Gasteiger partial charge in [-0.05, 0) is 26.2 Å². The third kappa shape index (κ3) is 9.51. The van der Waals surface area contributed by atoms with E-state index in [2.05, 4.69) is 73.2 Å². The maximum atomic E-state index is 10.7. The molecule has 1 radical (unpaired) electrons. The zero-order valence-corrected chi connectivity index (χ0v) is 21.9. The minimum Gasteiger partial charge on any atom is 0 e. The fourth-order valence-corrected chi connectivity index (χ4v) is 2.80. The van der Waals surface area contributed by atoms with Crippen LogP contribution < -0.4 is 0 Å². The van der Waals surface area contributed by atoms with E-state index in [-0.39, 0.29) is 26.0 Å². The van der Waals surface area contributed by atoms with Crippen LogP contribution in [0.3, 0.4) is 0 Å². The summed E-state index contributed by atoms with van der Waals surface area (Å²) in [6.07, 6.45) is 12.0. The number of hydrogen-bond acceptors (Lipinski definition) is 6. The molecule has 0 aromatic carbocycles. The van der Waals surface area contributed by atoms with Gasteiger partial charge in [0, 0.05) is 51.6 Å². The van der Waals surface area contributed by atoms with Gasteiger partial charge >= 0.3 is 39.4 Å². The fourth-order valence-electron chi connectivity index (χ4n) is 2.80. The fraction of sp³-hybridized carbons (Fsp3) is 0.250. The number of hydrogen-bond donors (Lipinski definition) is 0. The number of aryl methyl sites for hydroxylation is 1. The number of alkyl halides is 3. The predicted molar refractivity (Wildman–Crippen MR) is 107 cm³/mol. The van der Waals surface area contributed by atoms with Crippen molar-refractivity contribution >= 4 is 15.7 Å². The van der Waals surface area contributed by atoms with Crippen LogP contribution in [0.2, 0.25) is 0 Å². The number of aromatic nitrogens is 3. The first-order valence-electron chi connectivity index (χ1n) is 8.51. The van der Waals surface area contributed by atoms with E-state index in [0.29, 0.717) is 0 Å². The van der Waals surface area contributed by atoms with Crippen LogP contribution in [0.25, 0.3) is 5.57 Å². The third-order valence-electron chi connectivity index (χ3n) is 4.12. The summed E-state index contributed by atoms with van der Waals surface area (Å²) in [5, 5.41) is 0. The number of pyridine rings is 1. The molecular weight excluding hydrogens is 668 g/mol. The molecule has 0 bridgehead atoms. The van der Waals surface area contributed by atoms with E-state index in [1.165, 1.54) is 0 Å². The van der Waals surface area contributed by atoms with Gasteiger partial charge < -0.3 is 9.12 Å². The summed E-state index contributed by atoms with van der Waals surface area (Å²) in [7, 11) is 0.0651. The summed E-state index contributed by atoms with van der Waals surface area (Å²) in [4.78, 5) is 11.3. The molecule has 15 heteroatoms. The van der Waals surface area contributed by atoms with Crippen LogP contribution in [0.1, 0.15) is 11.5 Å². The first kappa shape index (κ1) is 36.9. The molecule has 2 aromatic rings. The van der Waals surface area contributed by atoms with Crippen LogP contribution in [0.4, 0.5) is 13.2 Å². The van der Waals surface area contributed by atoms with E-state index in [4.69, 9.17) is 26.9 Å². The summed E-state index contributed by atoms with van der Waals surface area (Å²) in [6.45, 7) is 13.5. The van der Waals surface area contributed by atoms with Gasteiger partial charge in [-0.15, -0.1) is 0 Å². The number of imidazole rings is 1. The van der Waals surface area contributed by atoms with E-state index in [0.717, 1.165) is 17.1 Å². The molecule has 0 spiro atoms. The van der Waals surface area contributed by atoms with Gasteiger partial charge in [-0.25, -0.2) is 13.4 Å². The Bertz CT molecular complexity index is 1110. The summed E-state index contributed by atoms with van der Waals surface area (Å²) >= 11 is 0. The van der Waals surface area contributed by atoms with E-state index < -0.39 is 15.6 Å². The van der Waals surface area contributed by atoms with E-state index >= 15 is 0 Å². The van der Waals surface area contributed by atoms with Crippen molar-refractivity contribution in [3.8, 4) is 0 Å². The SMILES string of the molecule is CN(C)C1(c2ccccn2)C=CC=C1c1nccn1C.O=S(=O)([O-])C(F)(F)F.[C-]#[O+].[C-]#[O+].[C-]#[O+].[Re]. The van der Waals surface area contributed by atoms with Gasteiger partial charge in [0.2, 0.25) is 0 Å². The zero-order valence-electron chi connectivity index (χ0n) is 18.4. The van der Waals surface area contributed by atoms with Crippen molar-refractivity contribution in [1.82, 2.24) is 19.4 Å². The number of rotatable bonds is 3. The van der Waals surface area contributed by atoms with Crippen molar-refractivity contribution in [2.45, 2.75) is 11.0 Å². The molecule has 35 heavy (non-hydrogen) atoms. The molecule has 1 atom stereocenters. The summed E-state index contributed by atoms with van der Waals surface area (Å²) in [5.41, 5.74) is -3.85. The van der Waals surface area contributed by atoms with Crippen molar-refractivity contribution in [2.75, 3.05) is 14.1 Å². The van der Waals surface area contributed by atoms with Crippen molar-refractivity contribution in [3.05, 3.63) is 86.5 Å². The van der Waals surface area contributed by atoms with E-state index in [1.54, 1.807) is 0 Å². The normalized spacial score (nSPS) is 15.7. The first-order chi connectivity index (χ1) is 15.9. The Labute approximate surface area is 214 Å². The molecular formula is C20H18F3N4O6ReS-. The van der Waals surface area contributed by atoms with Crippen LogP contribution in [-0.2, 0) is 57.1 Å². The average molecular weight is 686 g/mol. The summed E-state index contributed by atoms with van der Waals surface area (Å²) < 4.78 is 83.4. The van der Waals surface area contributed by atoms with Crippen molar-refractivity contribution in [2.24, 2.45) is 7.05 Å². The molecule has 2 heterocycles. The average Bonchev–Trinajstić information content (AvgIpc) is 3.44. The molecule has 3 rings (SSSR count). The Morgan fingerprint density at radius 2 is 1.57 bits per heavy atom. The monoisotopic (exact) mass is 686 g/mol. The van der Waals surface area contributed by atoms with Gasteiger partial charge in [0.15, 0.2) is 10.1 Å². The van der Waals surface area contributed by atoms with Crippen LogP contribution in [-0.4, -0.2) is 52.0 Å². The Kier molecular flexibility index (Phi) is 17.9. The van der Waals surface area contributed by atoms with Crippen LogP contribution >= 0.6 is 0 Å². The predicted octanol–water partition coefficient (Wildman–Crippen LogP) is 2.16. The topological polar surface area (TPSA) is 151 Å². The number of likely N-dealkylation sites (N-methyl/N-ethyl adjacent to an activating group) is 1. The van der Waals surface area contributed by atoms with Gasteiger partial charge in [0.25, 0.3) is 0 Å². The molecule has 189 valence electrons. The third-order valence-corrected chi connectivity index (χ3v) is 4.68. The van der Waals surface area contributed by atoms with Gasteiger partial charge in [-0.2, -0.15) is 13.2 Å². The minimum absolute atomic E-state index is 0. The van der Waals surface area contributed by atoms with Crippen molar-refractivity contribution < 1.29 is 60.5 Å². The van der Waals surface area contributed by atoms with Crippen LogP contribution in [0, 0.1) is 20.0 Å². The molecule has 2 aromatic heterocycles. The van der Waals surface area contributed by atoms with Gasteiger partial charge in [-0.1, -0.05) is 24.3 Å². The Hall–Kier alpha value is -2.62. The van der Waals surface area contributed by atoms with Crippen molar-refractivity contribution in [3.63, 3.8) is 0 Å². The molecule has 0 N–H and O–H groups in total. The molecule has 1 aliphatic carbocycles. The summed E-state index contributed by atoms with van der Waals surface area (Å²) in [6, 6.07) is 6.03. The van der Waals surface area contributed by atoms with Gasteiger partial charge in [0.05, 0.1) is 5.69 Å². The molecule has 1 unspecified atom stereocenters. The van der Waals surface area contributed by atoms with Crippen molar-refractivity contribution in [1.29, 1.82) is 0 Å². The second-order valence-corrected chi connectivity index (χ2v) is 7.45. The Balaban J connectivity index is -0.000000581. The summed E-state index contributed by atoms with van der Waals surface area (Å²) in [5.74, 6) is 0.967. The Morgan fingerprint density at radius 3 is 1.91 bits per heavy atom. The smallest absolute Gasteiger partial charge is 0 e. The number of nitrogens with zero attached hydrogens (tertiary/aromatic N) is 4. The van der Waals surface area contributed by atoms with Crippen LogP contribution in [0.15, 0.2) is 55.0 Å². The number of halogens is 3.